The van der Waals surface area contributed by atoms with Gasteiger partial charge in [-0.3, -0.25) is 0 Å². The van der Waals surface area contributed by atoms with Gasteiger partial charge in [0.25, 0.3) is 0 Å². The molecule has 1 heterocycles. The quantitative estimate of drug-likeness (QED) is 0.619. The fraction of sp³-hybridized carbons (Fsp3) is 0.227. The second-order valence-corrected chi connectivity index (χ2v) is 6.46. The molecule has 0 atom stereocenters. The second-order valence-electron chi connectivity index (χ2n) is 6.46. The maximum Gasteiger partial charge on any atom is 0.338 e. The van der Waals surface area contributed by atoms with Crippen LogP contribution in [-0.4, -0.2) is 29.6 Å². The highest BCUT2D eigenvalue weighted by molar-refractivity contribution is 5.89. The van der Waals surface area contributed by atoms with Gasteiger partial charge in [0.15, 0.2) is 0 Å². The van der Waals surface area contributed by atoms with E-state index in [-0.39, 0.29) is 5.97 Å². The van der Waals surface area contributed by atoms with Crippen LogP contribution in [0.2, 0.25) is 0 Å². The molecule has 28 heavy (non-hydrogen) atoms. The fourth-order valence-electron chi connectivity index (χ4n) is 2.77. The summed E-state index contributed by atoms with van der Waals surface area (Å²) < 4.78 is 5.01. The van der Waals surface area contributed by atoms with Gasteiger partial charge in [-0.25, -0.2) is 9.78 Å². The van der Waals surface area contributed by atoms with Crippen molar-refractivity contribution in [1.29, 1.82) is 0 Å². The summed E-state index contributed by atoms with van der Waals surface area (Å²) in [6, 6.07) is 19.2. The molecule has 0 aliphatic heterocycles. The molecule has 6 nitrogen and oxygen atoms in total. The van der Waals surface area contributed by atoms with Gasteiger partial charge in [0.1, 0.15) is 5.82 Å². The molecule has 6 heteroatoms. The molecule has 1 N–H and O–H groups in total. The van der Waals surface area contributed by atoms with E-state index in [9.17, 15) is 4.79 Å². The van der Waals surface area contributed by atoms with Crippen molar-refractivity contribution in [3.63, 3.8) is 0 Å². The van der Waals surface area contributed by atoms with E-state index < -0.39 is 0 Å². The maximum absolute atomic E-state index is 11.8. The third kappa shape index (κ3) is 5.07. The molecule has 2 aromatic carbocycles. The topological polar surface area (TPSA) is 67.3 Å². The van der Waals surface area contributed by atoms with E-state index in [1.807, 2.05) is 55.3 Å². The molecule has 0 saturated heterocycles. The van der Waals surface area contributed by atoms with Crippen molar-refractivity contribution in [2.75, 3.05) is 23.9 Å². The van der Waals surface area contributed by atoms with Gasteiger partial charge in [0, 0.05) is 31.0 Å². The lowest BCUT2D eigenvalue weighted by atomic mass is 10.2. The Labute approximate surface area is 165 Å². The van der Waals surface area contributed by atoms with E-state index in [1.54, 1.807) is 19.1 Å². The minimum atomic E-state index is -0.322. The molecule has 0 spiro atoms. The number of ether oxygens (including phenoxy) is 1. The van der Waals surface area contributed by atoms with Crippen LogP contribution in [0.15, 0.2) is 60.7 Å². The Morgan fingerprint density at radius 3 is 2.46 bits per heavy atom. The Balaban J connectivity index is 1.73. The summed E-state index contributed by atoms with van der Waals surface area (Å²) >= 11 is 0. The van der Waals surface area contributed by atoms with Crippen molar-refractivity contribution >= 4 is 23.4 Å². The summed E-state index contributed by atoms with van der Waals surface area (Å²) in [5.41, 5.74) is 3.42. The number of nitrogens with zero attached hydrogens (tertiary/aromatic N) is 3. The molecule has 0 aliphatic rings. The minimum absolute atomic E-state index is 0.322. The van der Waals surface area contributed by atoms with Gasteiger partial charge in [0.05, 0.1) is 12.2 Å². The van der Waals surface area contributed by atoms with Crippen molar-refractivity contribution in [2.24, 2.45) is 0 Å². The summed E-state index contributed by atoms with van der Waals surface area (Å²) in [7, 11) is 1.97. The van der Waals surface area contributed by atoms with E-state index in [4.69, 9.17) is 4.74 Å². The Hall–Kier alpha value is -3.41. The average molecular weight is 376 g/mol. The number of esters is 1. The van der Waals surface area contributed by atoms with Crippen LogP contribution in [0, 0.1) is 6.92 Å². The third-order valence-electron chi connectivity index (χ3n) is 4.11. The lowest BCUT2D eigenvalue weighted by Crippen LogP contribution is -2.19. The number of aromatic nitrogens is 2. The molecule has 0 amide bonds. The summed E-state index contributed by atoms with van der Waals surface area (Å²) in [5, 5.41) is 3.27. The zero-order valence-electron chi connectivity index (χ0n) is 16.3. The molecule has 3 rings (SSSR count). The predicted molar refractivity (Wildman–Crippen MR) is 111 cm³/mol. The molecule has 0 saturated carbocycles. The van der Waals surface area contributed by atoms with Gasteiger partial charge in [0.2, 0.25) is 5.95 Å². The number of carbonyl (C=O) groups excluding carboxylic acids is 1. The van der Waals surface area contributed by atoms with Gasteiger partial charge in [-0.1, -0.05) is 30.3 Å². The van der Waals surface area contributed by atoms with Crippen molar-refractivity contribution in [3.05, 3.63) is 77.5 Å². The summed E-state index contributed by atoms with van der Waals surface area (Å²) in [4.78, 5) is 22.9. The van der Waals surface area contributed by atoms with Crippen LogP contribution in [0.4, 0.5) is 17.5 Å². The Kier molecular flexibility index (Phi) is 6.22. The van der Waals surface area contributed by atoms with E-state index in [0.29, 0.717) is 23.9 Å². The maximum atomic E-state index is 11.8. The molecular weight excluding hydrogens is 352 g/mol. The van der Waals surface area contributed by atoms with Crippen molar-refractivity contribution in [1.82, 2.24) is 9.97 Å². The summed E-state index contributed by atoms with van der Waals surface area (Å²) in [6.45, 7) is 4.81. The lowest BCUT2D eigenvalue weighted by molar-refractivity contribution is 0.0526. The normalized spacial score (nSPS) is 10.4. The molecular formula is C22H24N4O2. The zero-order valence-corrected chi connectivity index (χ0v) is 16.3. The molecule has 144 valence electrons. The Bertz CT molecular complexity index is 927. The van der Waals surface area contributed by atoms with E-state index >= 15 is 0 Å². The Morgan fingerprint density at radius 2 is 1.79 bits per heavy atom. The van der Waals surface area contributed by atoms with E-state index in [0.717, 1.165) is 17.9 Å². The van der Waals surface area contributed by atoms with Gasteiger partial charge in [-0.15, -0.1) is 0 Å². The monoisotopic (exact) mass is 376 g/mol. The lowest BCUT2D eigenvalue weighted by Gasteiger charge is -2.18. The van der Waals surface area contributed by atoms with E-state index in [1.165, 1.54) is 5.56 Å². The van der Waals surface area contributed by atoms with Crippen molar-refractivity contribution in [3.8, 4) is 0 Å². The highest BCUT2D eigenvalue weighted by Gasteiger charge is 2.10. The molecule has 0 bridgehead atoms. The summed E-state index contributed by atoms with van der Waals surface area (Å²) in [5.74, 6) is 1.03. The number of anilines is 3. The molecule has 0 aliphatic carbocycles. The fourth-order valence-corrected chi connectivity index (χ4v) is 2.77. The zero-order chi connectivity index (χ0) is 19.9. The largest absolute Gasteiger partial charge is 0.462 e. The van der Waals surface area contributed by atoms with Crippen LogP contribution in [0.3, 0.4) is 0 Å². The summed E-state index contributed by atoms with van der Waals surface area (Å²) in [6.07, 6.45) is 0. The standard InChI is InChI=1S/C22H24N4O2/c1-4-28-21(27)18-10-12-19(13-11-18)24-20-14-16(2)23-22(25-20)26(3)15-17-8-6-5-7-9-17/h5-14H,4,15H2,1-3H3,(H,23,24,25). The van der Waals surface area contributed by atoms with Crippen LogP contribution in [0.5, 0.6) is 0 Å². The number of carbonyl (C=O) groups is 1. The highest BCUT2D eigenvalue weighted by atomic mass is 16.5. The van der Waals surface area contributed by atoms with Crippen LogP contribution >= 0.6 is 0 Å². The van der Waals surface area contributed by atoms with Crippen LogP contribution < -0.4 is 10.2 Å². The first-order valence-corrected chi connectivity index (χ1v) is 9.20. The molecule has 1 aromatic heterocycles. The van der Waals surface area contributed by atoms with Crippen LogP contribution in [0.25, 0.3) is 0 Å². The average Bonchev–Trinajstić information content (AvgIpc) is 2.69. The van der Waals surface area contributed by atoms with Gasteiger partial charge >= 0.3 is 5.97 Å². The Morgan fingerprint density at radius 1 is 1.07 bits per heavy atom. The van der Waals surface area contributed by atoms with Crippen molar-refractivity contribution < 1.29 is 9.53 Å². The van der Waals surface area contributed by atoms with Crippen LogP contribution in [0.1, 0.15) is 28.5 Å². The van der Waals surface area contributed by atoms with Crippen LogP contribution in [-0.2, 0) is 11.3 Å². The first kappa shape index (κ1) is 19.4. The number of nitrogens with one attached hydrogen (secondary N) is 1. The predicted octanol–water partition coefficient (Wildman–Crippen LogP) is 4.34. The van der Waals surface area contributed by atoms with Gasteiger partial charge in [-0.05, 0) is 43.7 Å². The van der Waals surface area contributed by atoms with Crippen molar-refractivity contribution in [2.45, 2.75) is 20.4 Å². The molecule has 0 unspecified atom stereocenters. The minimum Gasteiger partial charge on any atom is -0.462 e. The number of hydrogen-bond acceptors (Lipinski definition) is 6. The molecule has 3 aromatic rings. The number of benzene rings is 2. The third-order valence-corrected chi connectivity index (χ3v) is 4.11. The number of rotatable bonds is 7. The number of hydrogen-bond donors (Lipinski definition) is 1. The molecule has 0 radical (unpaired) electrons. The first-order valence-electron chi connectivity index (χ1n) is 9.20. The molecule has 0 fully saturated rings. The second kappa shape index (κ2) is 8.99. The first-order chi connectivity index (χ1) is 13.5. The van der Waals surface area contributed by atoms with Gasteiger partial charge < -0.3 is 15.0 Å². The SMILES string of the molecule is CCOC(=O)c1ccc(Nc2cc(C)nc(N(C)Cc3ccccc3)n2)cc1. The smallest absolute Gasteiger partial charge is 0.338 e. The number of aryl methyl sites for hydroxylation is 1. The highest BCUT2D eigenvalue weighted by Crippen LogP contribution is 2.20. The van der Waals surface area contributed by atoms with E-state index in [2.05, 4.69) is 27.4 Å². The van der Waals surface area contributed by atoms with Gasteiger partial charge in [-0.2, -0.15) is 4.98 Å².